The van der Waals surface area contributed by atoms with Gasteiger partial charge in [-0.1, -0.05) is 35.3 Å². The van der Waals surface area contributed by atoms with E-state index in [9.17, 15) is 13.2 Å². The molecule has 0 saturated carbocycles. The van der Waals surface area contributed by atoms with Crippen LogP contribution in [-0.4, -0.2) is 61.3 Å². The number of hydrogen-bond acceptors (Lipinski definition) is 4. The van der Waals surface area contributed by atoms with Gasteiger partial charge in [0.05, 0.1) is 27.6 Å². The standard InChI is InChI=1S/C17H24Cl2N2O3S/c1-4-21(14-8-9-25(23,24)11-14)17(22)12(2)20(3)10-13-6-5-7-15(18)16(13)19/h5-7,12,14H,4,8-11H2,1-3H3/t12-,14-/m0/s1. The highest BCUT2D eigenvalue weighted by Gasteiger charge is 2.36. The average molecular weight is 407 g/mol. The van der Waals surface area contributed by atoms with Crippen molar-refractivity contribution < 1.29 is 13.2 Å². The summed E-state index contributed by atoms with van der Waals surface area (Å²) < 4.78 is 23.4. The maximum atomic E-state index is 12.9. The molecule has 1 aromatic rings. The molecule has 1 heterocycles. The van der Waals surface area contributed by atoms with Gasteiger partial charge in [-0.25, -0.2) is 8.42 Å². The third-order valence-corrected chi connectivity index (χ3v) is 7.35. The second-order valence-corrected chi connectivity index (χ2v) is 9.50. The highest BCUT2D eigenvalue weighted by molar-refractivity contribution is 7.91. The number of rotatable bonds is 6. The van der Waals surface area contributed by atoms with Crippen LogP contribution in [0.1, 0.15) is 25.8 Å². The molecule has 0 unspecified atom stereocenters. The molecule has 5 nitrogen and oxygen atoms in total. The maximum absolute atomic E-state index is 12.9. The highest BCUT2D eigenvalue weighted by Crippen LogP contribution is 2.27. The largest absolute Gasteiger partial charge is 0.338 e. The molecular weight excluding hydrogens is 383 g/mol. The molecule has 0 aromatic heterocycles. The van der Waals surface area contributed by atoms with Crippen molar-refractivity contribution in [3.05, 3.63) is 33.8 Å². The second-order valence-electron chi connectivity index (χ2n) is 6.49. The third-order valence-electron chi connectivity index (χ3n) is 4.74. The summed E-state index contributed by atoms with van der Waals surface area (Å²) in [4.78, 5) is 16.5. The van der Waals surface area contributed by atoms with E-state index < -0.39 is 15.9 Å². The highest BCUT2D eigenvalue weighted by atomic mass is 35.5. The molecule has 1 aromatic carbocycles. The monoisotopic (exact) mass is 406 g/mol. The minimum atomic E-state index is -3.03. The Kier molecular flexibility index (Phi) is 6.76. The summed E-state index contributed by atoms with van der Waals surface area (Å²) in [6.45, 7) is 4.68. The molecule has 0 N–H and O–H groups in total. The molecule has 140 valence electrons. The van der Waals surface area contributed by atoms with Crippen LogP contribution in [0.25, 0.3) is 0 Å². The van der Waals surface area contributed by atoms with Crippen molar-refractivity contribution in [3.8, 4) is 0 Å². The van der Waals surface area contributed by atoms with Gasteiger partial charge in [0.2, 0.25) is 5.91 Å². The lowest BCUT2D eigenvalue weighted by Gasteiger charge is -2.33. The summed E-state index contributed by atoms with van der Waals surface area (Å²) in [6.07, 6.45) is 0.512. The Morgan fingerprint density at radius 1 is 1.36 bits per heavy atom. The lowest BCUT2D eigenvalue weighted by atomic mass is 10.1. The molecular formula is C17H24Cl2N2O3S. The van der Waals surface area contributed by atoms with Crippen LogP contribution in [0.4, 0.5) is 0 Å². The van der Waals surface area contributed by atoms with E-state index in [1.54, 1.807) is 11.0 Å². The second kappa shape index (κ2) is 8.25. The minimum Gasteiger partial charge on any atom is -0.338 e. The SMILES string of the molecule is CCN(C(=O)[C@H](C)N(C)Cc1cccc(Cl)c1Cl)[C@H]1CCS(=O)(=O)C1. The van der Waals surface area contributed by atoms with Gasteiger partial charge in [-0.15, -0.1) is 0 Å². The first-order chi connectivity index (χ1) is 11.7. The average Bonchev–Trinajstić information content (AvgIpc) is 2.91. The normalized spacial score (nSPS) is 20.6. The first kappa shape index (κ1) is 20.5. The first-order valence-corrected chi connectivity index (χ1v) is 10.9. The fourth-order valence-electron chi connectivity index (χ4n) is 3.12. The molecule has 0 spiro atoms. The van der Waals surface area contributed by atoms with Crippen molar-refractivity contribution in [1.29, 1.82) is 0 Å². The summed E-state index contributed by atoms with van der Waals surface area (Å²) in [5.74, 6) is 0.151. The lowest BCUT2D eigenvalue weighted by Crippen LogP contribution is -2.49. The molecule has 1 aliphatic rings. The van der Waals surface area contributed by atoms with Crippen LogP contribution in [0.15, 0.2) is 18.2 Å². The maximum Gasteiger partial charge on any atom is 0.239 e. The van der Waals surface area contributed by atoms with Gasteiger partial charge in [0.25, 0.3) is 0 Å². The molecule has 0 aliphatic carbocycles. The van der Waals surface area contributed by atoms with Crippen LogP contribution in [0.2, 0.25) is 10.0 Å². The zero-order chi connectivity index (χ0) is 18.8. The summed E-state index contributed by atoms with van der Waals surface area (Å²) in [6, 6.07) is 4.81. The van der Waals surface area contributed by atoms with Crippen LogP contribution in [0.5, 0.6) is 0 Å². The van der Waals surface area contributed by atoms with E-state index in [0.717, 1.165) is 5.56 Å². The number of benzene rings is 1. The third kappa shape index (κ3) is 4.88. The topological polar surface area (TPSA) is 57.7 Å². The van der Waals surface area contributed by atoms with Crippen molar-refractivity contribution in [2.45, 2.75) is 38.9 Å². The van der Waals surface area contributed by atoms with Gasteiger partial charge >= 0.3 is 0 Å². The number of nitrogens with zero attached hydrogens (tertiary/aromatic N) is 2. The molecule has 1 amide bonds. The quantitative estimate of drug-likeness (QED) is 0.728. The molecule has 2 atom stereocenters. The zero-order valence-corrected chi connectivity index (χ0v) is 17.0. The van der Waals surface area contributed by atoms with Gasteiger partial charge in [0.1, 0.15) is 0 Å². The van der Waals surface area contributed by atoms with Gasteiger partial charge in [-0.2, -0.15) is 0 Å². The molecule has 1 saturated heterocycles. The number of sulfone groups is 1. The van der Waals surface area contributed by atoms with Crippen molar-refractivity contribution >= 4 is 38.9 Å². The summed E-state index contributed by atoms with van der Waals surface area (Å²) in [5.41, 5.74) is 0.850. The van der Waals surface area contributed by atoms with Gasteiger partial charge in [0.15, 0.2) is 9.84 Å². The fraction of sp³-hybridized carbons (Fsp3) is 0.588. The van der Waals surface area contributed by atoms with Crippen LogP contribution in [0.3, 0.4) is 0 Å². The van der Waals surface area contributed by atoms with E-state index in [1.165, 1.54) is 0 Å². The van der Waals surface area contributed by atoms with E-state index in [4.69, 9.17) is 23.2 Å². The van der Waals surface area contributed by atoms with Crippen molar-refractivity contribution in [1.82, 2.24) is 9.80 Å². The molecule has 0 bridgehead atoms. The van der Waals surface area contributed by atoms with Crippen LogP contribution >= 0.6 is 23.2 Å². The number of halogens is 2. The van der Waals surface area contributed by atoms with Crippen LogP contribution in [-0.2, 0) is 21.2 Å². The first-order valence-electron chi connectivity index (χ1n) is 8.30. The predicted molar refractivity (Wildman–Crippen MR) is 102 cm³/mol. The number of hydrogen-bond donors (Lipinski definition) is 0. The molecule has 2 rings (SSSR count). The zero-order valence-electron chi connectivity index (χ0n) is 14.7. The Morgan fingerprint density at radius 2 is 2.04 bits per heavy atom. The van der Waals surface area contributed by atoms with Crippen molar-refractivity contribution in [3.63, 3.8) is 0 Å². The Labute approximate surface area is 159 Å². The molecule has 1 aliphatic heterocycles. The smallest absolute Gasteiger partial charge is 0.239 e. The van der Waals surface area contributed by atoms with Crippen LogP contribution in [0, 0.1) is 0 Å². The predicted octanol–water partition coefficient (Wildman–Crippen LogP) is 2.85. The number of carbonyl (C=O) groups is 1. The van der Waals surface area contributed by atoms with Gasteiger partial charge in [0, 0.05) is 19.1 Å². The molecule has 25 heavy (non-hydrogen) atoms. The van der Waals surface area contributed by atoms with Crippen LogP contribution < -0.4 is 0 Å². The molecule has 1 fully saturated rings. The Hall–Kier alpha value is -0.820. The van der Waals surface area contributed by atoms with E-state index >= 15 is 0 Å². The number of likely N-dealkylation sites (N-methyl/N-ethyl adjacent to an activating group) is 2. The number of carbonyl (C=O) groups excluding carboxylic acids is 1. The van der Waals surface area contributed by atoms with Gasteiger partial charge in [-0.3, -0.25) is 9.69 Å². The van der Waals surface area contributed by atoms with Crippen molar-refractivity contribution in [2.75, 3.05) is 25.1 Å². The van der Waals surface area contributed by atoms with E-state index in [0.29, 0.717) is 29.6 Å². The number of amides is 1. The fourth-order valence-corrected chi connectivity index (χ4v) is 5.23. The molecule has 8 heteroatoms. The van der Waals surface area contributed by atoms with E-state index in [-0.39, 0.29) is 23.5 Å². The Morgan fingerprint density at radius 3 is 2.60 bits per heavy atom. The Balaban J connectivity index is 2.08. The Bertz CT molecular complexity index is 739. The lowest BCUT2D eigenvalue weighted by molar-refractivity contribution is -0.137. The van der Waals surface area contributed by atoms with E-state index in [1.807, 2.05) is 37.9 Å². The van der Waals surface area contributed by atoms with Crippen molar-refractivity contribution in [2.24, 2.45) is 0 Å². The molecule has 0 radical (unpaired) electrons. The summed E-state index contributed by atoms with van der Waals surface area (Å²) in [7, 11) is -1.18. The summed E-state index contributed by atoms with van der Waals surface area (Å²) in [5, 5.41) is 0.975. The minimum absolute atomic E-state index is 0.0587. The summed E-state index contributed by atoms with van der Waals surface area (Å²) >= 11 is 12.3. The van der Waals surface area contributed by atoms with E-state index in [2.05, 4.69) is 0 Å². The van der Waals surface area contributed by atoms with Gasteiger partial charge < -0.3 is 4.90 Å². The van der Waals surface area contributed by atoms with Gasteiger partial charge in [-0.05, 0) is 38.9 Å².